The first kappa shape index (κ1) is 62.6. The maximum atomic E-state index is 12.1. The quantitative estimate of drug-likeness (QED) is 0.0380. The van der Waals surface area contributed by atoms with Crippen molar-refractivity contribution in [1.82, 2.24) is 16.0 Å². The van der Waals surface area contributed by atoms with Crippen LogP contribution < -0.4 is 21.7 Å². The van der Waals surface area contributed by atoms with Gasteiger partial charge in [0.15, 0.2) is 0 Å². The van der Waals surface area contributed by atoms with Crippen LogP contribution in [0.2, 0.25) is 0 Å². The van der Waals surface area contributed by atoms with E-state index in [0.717, 1.165) is 77.0 Å². The molecule has 0 unspecified atom stereocenters. The molecule has 0 saturated heterocycles. The molecule has 0 bridgehead atoms. The van der Waals surface area contributed by atoms with E-state index < -0.39 is 18.0 Å². The van der Waals surface area contributed by atoms with Crippen molar-refractivity contribution >= 4 is 41.2 Å². The predicted molar refractivity (Wildman–Crippen MR) is 247 cm³/mol. The zero-order valence-electron chi connectivity index (χ0n) is 39.9. The average Bonchev–Trinajstić information content (AvgIpc) is 3.27. The standard InChI is InChI=1S/C27H49NO6.C20H39N3O7/c1-2-3-18-23(29)21-22-24(27(33)34)28-25(30)19-16-14-12-10-8-6-4-5-7-9-11-13-15-17-20-26(31)32;1-3-17(18(24)14-21)6-4-5-7-22-19(25)15-30-13-12-28-9-8-23-20(26)16-29-11-10-27-2/h24H,2-22H2,1H3,(H,28,30)(H,31,32)(H,33,34);17H,3-16,21H2,1-2H3,(H,22,25)(H,23,26)/t24-;17-/m00/s1. The number of aliphatic carboxylic acids is 2. The van der Waals surface area contributed by atoms with Crippen LogP contribution in [0.3, 0.4) is 0 Å². The second kappa shape index (κ2) is 47.5. The van der Waals surface area contributed by atoms with Crippen LogP contribution in [0.15, 0.2) is 0 Å². The van der Waals surface area contributed by atoms with Gasteiger partial charge >= 0.3 is 11.9 Å². The van der Waals surface area contributed by atoms with Crippen molar-refractivity contribution in [3.63, 3.8) is 0 Å². The third-order valence-electron chi connectivity index (χ3n) is 10.5. The minimum atomic E-state index is -1.08. The van der Waals surface area contributed by atoms with Crippen LogP contribution >= 0.6 is 0 Å². The number of rotatable bonds is 46. The molecule has 17 heteroatoms. The van der Waals surface area contributed by atoms with Gasteiger partial charge in [-0.15, -0.1) is 0 Å². The molecular weight excluding hydrogens is 829 g/mol. The molecule has 3 amide bonds. The molecular formula is C47H88N4O13. The molecule has 0 aliphatic carbocycles. The second-order valence-corrected chi connectivity index (χ2v) is 16.2. The SMILES string of the molecule is CCCCC(=O)CC[C@H](NC(=O)CCCCCCCCCCCCCCCCC(=O)O)C(=O)O.CC[C@@H](CCCCNC(=O)COCCOCCNC(=O)COCCOC)C(=O)CN. The summed E-state index contributed by atoms with van der Waals surface area (Å²) in [4.78, 5) is 80.2. The number of carboxylic acids is 2. The van der Waals surface area contributed by atoms with Crippen LogP contribution in [0.1, 0.15) is 174 Å². The van der Waals surface area contributed by atoms with E-state index in [1.165, 1.54) is 51.4 Å². The highest BCUT2D eigenvalue weighted by Crippen LogP contribution is 2.15. The van der Waals surface area contributed by atoms with E-state index in [4.69, 9.17) is 29.8 Å². The molecule has 7 N–H and O–H groups in total. The molecule has 0 radical (unpaired) electrons. The Hall–Kier alpha value is -3.51. The van der Waals surface area contributed by atoms with Crippen molar-refractivity contribution in [3.8, 4) is 0 Å². The average molecular weight is 917 g/mol. The minimum absolute atomic E-state index is 0.00735. The smallest absolute Gasteiger partial charge is 0.326 e. The number of ether oxygens (including phenoxy) is 4. The lowest BCUT2D eigenvalue weighted by Gasteiger charge is -2.14. The van der Waals surface area contributed by atoms with Crippen molar-refractivity contribution in [2.45, 2.75) is 180 Å². The summed E-state index contributed by atoms with van der Waals surface area (Å²) in [5.74, 6) is -2.21. The number of unbranched alkanes of at least 4 members (excludes halogenated alkanes) is 15. The van der Waals surface area contributed by atoms with Crippen LogP contribution in [0.5, 0.6) is 0 Å². The van der Waals surface area contributed by atoms with Gasteiger partial charge in [-0.1, -0.05) is 104 Å². The first-order chi connectivity index (χ1) is 30.9. The number of methoxy groups -OCH3 is 1. The van der Waals surface area contributed by atoms with Crippen LogP contribution in [0, 0.1) is 5.92 Å². The van der Waals surface area contributed by atoms with E-state index in [2.05, 4.69) is 16.0 Å². The predicted octanol–water partition coefficient (Wildman–Crippen LogP) is 6.06. The van der Waals surface area contributed by atoms with Gasteiger partial charge < -0.3 is 50.8 Å². The zero-order chi connectivity index (χ0) is 47.9. The molecule has 0 aromatic carbocycles. The largest absolute Gasteiger partial charge is 0.481 e. The number of ketones is 2. The van der Waals surface area contributed by atoms with E-state index in [1.54, 1.807) is 7.11 Å². The lowest BCUT2D eigenvalue weighted by molar-refractivity contribution is -0.142. The first-order valence-electron chi connectivity index (χ1n) is 24.2. The Balaban J connectivity index is 0. The summed E-state index contributed by atoms with van der Waals surface area (Å²) in [6.07, 6.45) is 22.2. The molecule has 17 nitrogen and oxygen atoms in total. The highest BCUT2D eigenvalue weighted by molar-refractivity contribution is 5.85. The number of Topliss-reactive ketones (excluding diaryl/α,β-unsaturated/α-hetero) is 2. The molecule has 0 rings (SSSR count). The van der Waals surface area contributed by atoms with Gasteiger partial charge in [-0.05, 0) is 44.9 Å². The van der Waals surface area contributed by atoms with Gasteiger partial charge in [0.2, 0.25) is 17.7 Å². The van der Waals surface area contributed by atoms with Crippen LogP contribution in [0.4, 0.5) is 0 Å². The summed E-state index contributed by atoms with van der Waals surface area (Å²) >= 11 is 0. The molecule has 0 saturated carbocycles. The normalized spacial score (nSPS) is 11.8. The summed E-state index contributed by atoms with van der Waals surface area (Å²) in [5, 5.41) is 25.9. The number of carboxylic acid groups (broad SMARTS) is 2. The maximum absolute atomic E-state index is 12.1. The van der Waals surface area contributed by atoms with Crippen molar-refractivity contribution in [1.29, 1.82) is 0 Å². The van der Waals surface area contributed by atoms with Crippen molar-refractivity contribution in [3.05, 3.63) is 0 Å². The molecule has 64 heavy (non-hydrogen) atoms. The van der Waals surface area contributed by atoms with Gasteiger partial charge in [0.25, 0.3) is 0 Å². The summed E-state index contributed by atoms with van der Waals surface area (Å²) in [7, 11) is 1.57. The highest BCUT2D eigenvalue weighted by Gasteiger charge is 2.20. The molecule has 0 aromatic heterocycles. The van der Waals surface area contributed by atoms with E-state index >= 15 is 0 Å². The minimum Gasteiger partial charge on any atom is -0.481 e. The van der Waals surface area contributed by atoms with E-state index in [-0.39, 0.29) is 67.8 Å². The van der Waals surface area contributed by atoms with Crippen LogP contribution in [-0.2, 0) is 52.5 Å². The molecule has 0 aliphatic heterocycles. The zero-order valence-corrected chi connectivity index (χ0v) is 39.9. The van der Waals surface area contributed by atoms with E-state index in [1.807, 2.05) is 13.8 Å². The Bertz CT molecular complexity index is 1210. The number of amides is 3. The highest BCUT2D eigenvalue weighted by atomic mass is 16.5. The summed E-state index contributed by atoms with van der Waals surface area (Å²) in [6.45, 7) is 6.79. The van der Waals surface area contributed by atoms with Crippen LogP contribution in [0.25, 0.3) is 0 Å². The van der Waals surface area contributed by atoms with Gasteiger partial charge in [0.1, 0.15) is 30.8 Å². The van der Waals surface area contributed by atoms with Gasteiger partial charge in [-0.3, -0.25) is 28.8 Å². The number of carbonyl (C=O) groups is 7. The number of nitrogens with one attached hydrogen (secondary N) is 3. The Morgan fingerprint density at radius 1 is 0.531 bits per heavy atom. The van der Waals surface area contributed by atoms with Gasteiger partial charge in [-0.2, -0.15) is 0 Å². The van der Waals surface area contributed by atoms with Crippen molar-refractivity contribution in [2.24, 2.45) is 11.7 Å². The van der Waals surface area contributed by atoms with Gasteiger partial charge in [0, 0.05) is 51.8 Å². The fourth-order valence-corrected chi connectivity index (χ4v) is 6.57. The van der Waals surface area contributed by atoms with Crippen molar-refractivity contribution in [2.75, 3.05) is 73.0 Å². The van der Waals surface area contributed by atoms with Crippen molar-refractivity contribution < 1.29 is 62.7 Å². The summed E-state index contributed by atoms with van der Waals surface area (Å²) in [6, 6.07) is -0.977. The fraction of sp³-hybridized carbons (Fsp3) is 0.851. The topological polar surface area (TPSA) is 259 Å². The second-order valence-electron chi connectivity index (χ2n) is 16.2. The molecule has 0 heterocycles. The van der Waals surface area contributed by atoms with Gasteiger partial charge in [-0.25, -0.2) is 4.79 Å². The van der Waals surface area contributed by atoms with Gasteiger partial charge in [0.05, 0.1) is 39.6 Å². The number of hydrogen-bond acceptors (Lipinski definition) is 12. The first-order valence-corrected chi connectivity index (χ1v) is 24.2. The monoisotopic (exact) mass is 917 g/mol. The molecule has 0 spiro atoms. The third-order valence-corrected chi connectivity index (χ3v) is 10.5. The summed E-state index contributed by atoms with van der Waals surface area (Å²) in [5.41, 5.74) is 5.39. The van der Waals surface area contributed by atoms with E-state index in [0.29, 0.717) is 65.4 Å². The molecule has 374 valence electrons. The molecule has 0 aliphatic rings. The van der Waals surface area contributed by atoms with E-state index in [9.17, 15) is 38.7 Å². The number of carbonyl (C=O) groups excluding carboxylic acids is 5. The number of hydrogen-bond donors (Lipinski definition) is 6. The summed E-state index contributed by atoms with van der Waals surface area (Å²) < 4.78 is 20.5. The lowest BCUT2D eigenvalue weighted by Crippen LogP contribution is -2.41. The molecule has 2 atom stereocenters. The Kier molecular flexibility index (Phi) is 46.4. The Morgan fingerprint density at radius 2 is 1.05 bits per heavy atom. The molecule has 0 fully saturated rings. The Morgan fingerprint density at radius 3 is 1.55 bits per heavy atom. The lowest BCUT2D eigenvalue weighted by atomic mass is 9.95. The van der Waals surface area contributed by atoms with Crippen LogP contribution in [-0.4, -0.2) is 130 Å². The Labute approximate surface area is 384 Å². The number of nitrogens with two attached hydrogens (primary N) is 1. The molecule has 0 aromatic rings. The fourth-order valence-electron chi connectivity index (χ4n) is 6.57. The third kappa shape index (κ3) is 45.1. The maximum Gasteiger partial charge on any atom is 0.326 e.